The third kappa shape index (κ3) is 0.778. The van der Waals surface area contributed by atoms with Crippen LogP contribution in [0, 0.1) is 0 Å². The summed E-state index contributed by atoms with van der Waals surface area (Å²) in [6, 6.07) is 0.471. The summed E-state index contributed by atoms with van der Waals surface area (Å²) < 4.78 is 0. The molecule has 0 unspecified atom stereocenters. The molecule has 10 heavy (non-hydrogen) atoms. The standard InChI is InChI=1S/C7H8N2S/c1-6-2-3-8-7-9(6)4-5-10-7/h2-6H,1H3/t6-/m1/s1. The first-order valence-electron chi connectivity index (χ1n) is 3.24. The molecule has 0 amide bonds. The molecule has 0 fully saturated rings. The first-order valence-corrected chi connectivity index (χ1v) is 4.12. The minimum Gasteiger partial charge on any atom is -0.320 e. The number of nitrogens with zero attached hydrogens (tertiary/aromatic N) is 2. The van der Waals surface area contributed by atoms with E-state index in [0.717, 1.165) is 5.17 Å². The normalized spacial score (nSPS) is 28.7. The van der Waals surface area contributed by atoms with Gasteiger partial charge in [0, 0.05) is 12.4 Å². The molecule has 2 nitrogen and oxygen atoms in total. The zero-order valence-electron chi connectivity index (χ0n) is 5.69. The molecule has 2 rings (SSSR count). The van der Waals surface area contributed by atoms with Gasteiger partial charge in [0.2, 0.25) is 0 Å². The number of hydrogen-bond acceptors (Lipinski definition) is 3. The second kappa shape index (κ2) is 2.16. The summed E-state index contributed by atoms with van der Waals surface area (Å²) in [5, 5.41) is 3.15. The van der Waals surface area contributed by atoms with Crippen molar-refractivity contribution in [1.29, 1.82) is 0 Å². The molecule has 3 heteroatoms. The molecule has 0 spiro atoms. The monoisotopic (exact) mass is 152 g/mol. The molecule has 0 aromatic heterocycles. The van der Waals surface area contributed by atoms with Gasteiger partial charge < -0.3 is 4.90 Å². The minimum atomic E-state index is 0.471. The molecule has 2 heterocycles. The highest BCUT2D eigenvalue weighted by molar-refractivity contribution is 8.16. The first kappa shape index (κ1) is 6.04. The smallest absolute Gasteiger partial charge is 0.172 e. The van der Waals surface area contributed by atoms with E-state index in [1.54, 1.807) is 11.8 Å². The maximum Gasteiger partial charge on any atom is 0.172 e. The molecule has 0 saturated heterocycles. The number of fused-ring (bicyclic) bond motifs is 1. The van der Waals surface area contributed by atoms with Crippen molar-refractivity contribution in [2.24, 2.45) is 4.99 Å². The van der Waals surface area contributed by atoms with E-state index in [4.69, 9.17) is 0 Å². The van der Waals surface area contributed by atoms with E-state index in [-0.39, 0.29) is 0 Å². The Morgan fingerprint density at radius 1 is 1.70 bits per heavy atom. The van der Waals surface area contributed by atoms with Gasteiger partial charge in [0.15, 0.2) is 5.17 Å². The molecule has 0 aromatic carbocycles. The van der Waals surface area contributed by atoms with Gasteiger partial charge >= 0.3 is 0 Å². The van der Waals surface area contributed by atoms with Crippen LogP contribution in [0.2, 0.25) is 0 Å². The van der Waals surface area contributed by atoms with Crippen molar-refractivity contribution in [3.63, 3.8) is 0 Å². The minimum absolute atomic E-state index is 0.471. The summed E-state index contributed by atoms with van der Waals surface area (Å²) in [6.45, 7) is 2.15. The number of aliphatic imine (C=N–C) groups is 1. The van der Waals surface area contributed by atoms with Crippen LogP contribution in [0.25, 0.3) is 0 Å². The van der Waals surface area contributed by atoms with Crippen molar-refractivity contribution in [2.75, 3.05) is 0 Å². The van der Waals surface area contributed by atoms with Gasteiger partial charge in [-0.3, -0.25) is 0 Å². The molecule has 0 bridgehead atoms. The molecule has 1 atom stereocenters. The highest BCUT2D eigenvalue weighted by atomic mass is 32.2. The van der Waals surface area contributed by atoms with Crippen molar-refractivity contribution < 1.29 is 0 Å². The largest absolute Gasteiger partial charge is 0.320 e. The van der Waals surface area contributed by atoms with Crippen LogP contribution in [0.1, 0.15) is 6.92 Å². The lowest BCUT2D eigenvalue weighted by Crippen LogP contribution is -2.29. The van der Waals surface area contributed by atoms with Crippen molar-refractivity contribution in [3.8, 4) is 0 Å². The average Bonchev–Trinajstić information content (AvgIpc) is 2.36. The van der Waals surface area contributed by atoms with Crippen LogP contribution in [0.4, 0.5) is 0 Å². The van der Waals surface area contributed by atoms with E-state index >= 15 is 0 Å². The summed E-state index contributed by atoms with van der Waals surface area (Å²) >= 11 is 1.67. The predicted octanol–water partition coefficient (Wildman–Crippen LogP) is 1.78. The molecular formula is C7H8N2S. The highest BCUT2D eigenvalue weighted by Crippen LogP contribution is 2.24. The summed E-state index contributed by atoms with van der Waals surface area (Å²) in [5.41, 5.74) is 0. The zero-order valence-corrected chi connectivity index (χ0v) is 6.51. The molecule has 0 saturated carbocycles. The second-order valence-electron chi connectivity index (χ2n) is 2.30. The topological polar surface area (TPSA) is 15.6 Å². The van der Waals surface area contributed by atoms with Crippen molar-refractivity contribution in [2.45, 2.75) is 13.0 Å². The van der Waals surface area contributed by atoms with E-state index < -0.39 is 0 Å². The van der Waals surface area contributed by atoms with E-state index in [0.29, 0.717) is 6.04 Å². The number of hydrogen-bond donors (Lipinski definition) is 0. The van der Waals surface area contributed by atoms with Gasteiger partial charge in [-0.1, -0.05) is 11.8 Å². The molecule has 52 valence electrons. The van der Waals surface area contributed by atoms with Crippen molar-refractivity contribution in [1.82, 2.24) is 4.90 Å². The molecule has 0 aliphatic carbocycles. The van der Waals surface area contributed by atoms with Gasteiger partial charge in [-0.2, -0.15) is 0 Å². The zero-order chi connectivity index (χ0) is 6.97. The number of amidine groups is 1. The maximum atomic E-state index is 4.20. The average molecular weight is 152 g/mol. The Labute approximate surface area is 64.3 Å². The van der Waals surface area contributed by atoms with E-state index in [1.165, 1.54) is 0 Å². The highest BCUT2D eigenvalue weighted by Gasteiger charge is 2.19. The molecule has 0 radical (unpaired) electrons. The number of rotatable bonds is 0. The van der Waals surface area contributed by atoms with E-state index in [2.05, 4.69) is 34.5 Å². The van der Waals surface area contributed by atoms with Gasteiger partial charge in [-0.25, -0.2) is 4.99 Å². The fourth-order valence-electron chi connectivity index (χ4n) is 1.01. The molecular weight excluding hydrogens is 144 g/mol. The maximum absolute atomic E-state index is 4.20. The van der Waals surface area contributed by atoms with Crippen LogP contribution in [0.3, 0.4) is 0 Å². The van der Waals surface area contributed by atoms with Crippen LogP contribution in [0.5, 0.6) is 0 Å². The summed E-state index contributed by atoms with van der Waals surface area (Å²) in [5.74, 6) is 0. The van der Waals surface area contributed by atoms with Gasteiger partial charge in [-0.05, 0) is 18.4 Å². The third-order valence-corrected chi connectivity index (χ3v) is 2.39. The summed E-state index contributed by atoms with van der Waals surface area (Å²) in [6.07, 6.45) is 6.02. The Bertz CT molecular complexity index is 230. The van der Waals surface area contributed by atoms with Crippen LogP contribution >= 0.6 is 11.8 Å². The van der Waals surface area contributed by atoms with Gasteiger partial charge in [0.05, 0.1) is 6.04 Å². The Kier molecular flexibility index (Phi) is 1.31. The molecule has 0 aromatic rings. The Morgan fingerprint density at radius 2 is 2.60 bits per heavy atom. The molecule has 2 aliphatic rings. The predicted molar refractivity (Wildman–Crippen MR) is 44.6 cm³/mol. The Hall–Kier alpha value is -0.700. The Balaban J connectivity index is 2.31. The van der Waals surface area contributed by atoms with E-state index in [9.17, 15) is 0 Å². The van der Waals surface area contributed by atoms with Gasteiger partial charge in [0.25, 0.3) is 0 Å². The third-order valence-electron chi connectivity index (χ3n) is 1.60. The summed E-state index contributed by atoms with van der Waals surface area (Å²) in [4.78, 5) is 6.36. The van der Waals surface area contributed by atoms with Crippen LogP contribution in [0.15, 0.2) is 28.9 Å². The van der Waals surface area contributed by atoms with Crippen LogP contribution in [-0.4, -0.2) is 16.1 Å². The number of thioether (sulfide) groups is 1. The van der Waals surface area contributed by atoms with Crippen LogP contribution in [-0.2, 0) is 0 Å². The van der Waals surface area contributed by atoms with Crippen molar-refractivity contribution >= 4 is 16.9 Å². The summed E-state index contributed by atoms with van der Waals surface area (Å²) in [7, 11) is 0. The van der Waals surface area contributed by atoms with Crippen molar-refractivity contribution in [3.05, 3.63) is 23.9 Å². The lowest BCUT2D eigenvalue weighted by Gasteiger charge is -2.23. The first-order chi connectivity index (χ1) is 4.88. The quantitative estimate of drug-likeness (QED) is 0.525. The second-order valence-corrected chi connectivity index (χ2v) is 3.18. The SMILES string of the molecule is C[C@@H]1C=CN=C2SC=CN21. The van der Waals surface area contributed by atoms with Gasteiger partial charge in [0.1, 0.15) is 0 Å². The fraction of sp³-hybridized carbons (Fsp3) is 0.286. The Morgan fingerprint density at radius 3 is 3.40 bits per heavy atom. The molecule has 0 N–H and O–H groups in total. The fourth-order valence-corrected chi connectivity index (χ4v) is 1.80. The van der Waals surface area contributed by atoms with Crippen LogP contribution < -0.4 is 0 Å². The van der Waals surface area contributed by atoms with Gasteiger partial charge in [-0.15, -0.1) is 0 Å². The lowest BCUT2D eigenvalue weighted by atomic mass is 10.3. The van der Waals surface area contributed by atoms with E-state index in [1.807, 2.05) is 6.20 Å². The lowest BCUT2D eigenvalue weighted by molar-refractivity contribution is 0.504. The molecule has 2 aliphatic heterocycles.